The Morgan fingerprint density at radius 1 is 0.941 bits per heavy atom. The maximum atomic E-state index is 13.3. The number of hydrogen-bond acceptors (Lipinski definition) is 3. The minimum absolute atomic E-state index is 0.0535. The quantitative estimate of drug-likeness (QED) is 0.515. The lowest BCUT2D eigenvalue weighted by Crippen LogP contribution is -2.49. The number of nitrogens with zero attached hydrogens (tertiary/aromatic N) is 1. The number of piperidine rings is 1. The molecule has 1 heterocycles. The van der Waals surface area contributed by atoms with Crippen molar-refractivity contribution in [2.75, 3.05) is 5.32 Å². The Kier molecular flexibility index (Phi) is 7.60. The van der Waals surface area contributed by atoms with E-state index in [2.05, 4.69) is 10.6 Å². The molecule has 1 atom stereocenters. The van der Waals surface area contributed by atoms with Gasteiger partial charge in [0.1, 0.15) is 6.04 Å². The van der Waals surface area contributed by atoms with Crippen molar-refractivity contribution in [1.29, 1.82) is 0 Å². The molecule has 0 aliphatic carbocycles. The summed E-state index contributed by atoms with van der Waals surface area (Å²) in [5, 5.41) is 6.14. The fraction of sp³-hybridized carbons (Fsp3) is 0.222. The molecular formula is C27H26ClN3O3. The number of likely N-dealkylation sites (tertiary alicyclic amines) is 1. The van der Waals surface area contributed by atoms with Gasteiger partial charge in [0.2, 0.25) is 11.8 Å². The lowest BCUT2D eigenvalue weighted by molar-refractivity contribution is -0.142. The predicted octanol–water partition coefficient (Wildman–Crippen LogP) is 4.79. The Labute approximate surface area is 203 Å². The fourth-order valence-electron chi connectivity index (χ4n) is 4.08. The number of carbonyl (C=O) groups excluding carboxylic acids is 3. The van der Waals surface area contributed by atoms with Crippen molar-refractivity contribution in [2.24, 2.45) is 0 Å². The van der Waals surface area contributed by atoms with E-state index >= 15 is 0 Å². The van der Waals surface area contributed by atoms with Crippen LogP contribution in [0.4, 0.5) is 5.69 Å². The summed E-state index contributed by atoms with van der Waals surface area (Å²) in [6.45, 7) is 0.718. The summed E-state index contributed by atoms with van der Waals surface area (Å²) in [5.41, 5.74) is 2.55. The summed E-state index contributed by atoms with van der Waals surface area (Å²) in [4.78, 5) is 40.5. The molecule has 0 spiro atoms. The lowest BCUT2D eigenvalue weighted by Gasteiger charge is -2.35. The zero-order valence-electron chi connectivity index (χ0n) is 18.7. The predicted molar refractivity (Wildman–Crippen MR) is 132 cm³/mol. The zero-order chi connectivity index (χ0) is 23.9. The number of halogens is 1. The minimum atomic E-state index is -0.624. The molecule has 0 radical (unpaired) electrons. The normalized spacial score (nSPS) is 15.6. The van der Waals surface area contributed by atoms with E-state index in [0.717, 1.165) is 11.1 Å². The molecule has 3 amide bonds. The van der Waals surface area contributed by atoms with Crippen molar-refractivity contribution in [2.45, 2.75) is 38.4 Å². The van der Waals surface area contributed by atoms with E-state index in [1.54, 1.807) is 23.1 Å². The van der Waals surface area contributed by atoms with Crippen molar-refractivity contribution in [3.05, 3.63) is 101 Å². The number of anilines is 1. The van der Waals surface area contributed by atoms with Crippen molar-refractivity contribution < 1.29 is 14.4 Å². The van der Waals surface area contributed by atoms with Gasteiger partial charge in [0.25, 0.3) is 5.91 Å². The van der Waals surface area contributed by atoms with Crippen LogP contribution >= 0.6 is 11.6 Å². The molecule has 174 valence electrons. The summed E-state index contributed by atoms with van der Waals surface area (Å²) < 4.78 is 0. The third-order valence-corrected chi connectivity index (χ3v) is 6.08. The third-order valence-electron chi connectivity index (χ3n) is 5.84. The lowest BCUT2D eigenvalue weighted by atomic mass is 9.99. The van der Waals surface area contributed by atoms with Crippen molar-refractivity contribution in [3.8, 4) is 0 Å². The molecule has 1 fully saturated rings. The van der Waals surface area contributed by atoms with Crippen molar-refractivity contribution in [1.82, 2.24) is 10.2 Å². The second kappa shape index (κ2) is 11.0. The highest BCUT2D eigenvalue weighted by molar-refractivity contribution is 6.31. The van der Waals surface area contributed by atoms with Crippen LogP contribution in [0.2, 0.25) is 5.02 Å². The summed E-state index contributed by atoms with van der Waals surface area (Å²) in [7, 11) is 0. The standard InChI is InChI=1S/C27H26ClN3O3/c28-21-14-15-22(26(33)29-17-19-8-3-1-4-9-19)23(16-21)30-27(34)24-12-7-13-25(32)31(24)18-20-10-5-2-6-11-20/h1-6,8-11,14-16,24H,7,12-13,17-18H2,(H,29,33)(H,30,34). The Hall–Kier alpha value is -3.64. The highest BCUT2D eigenvalue weighted by Gasteiger charge is 2.33. The molecule has 1 saturated heterocycles. The Bertz CT molecular complexity index is 1170. The molecule has 4 rings (SSSR count). The Morgan fingerprint density at radius 3 is 2.32 bits per heavy atom. The molecule has 3 aromatic carbocycles. The molecule has 0 saturated carbocycles. The van der Waals surface area contributed by atoms with Crippen LogP contribution in [0.25, 0.3) is 0 Å². The molecule has 2 N–H and O–H groups in total. The van der Waals surface area contributed by atoms with Crippen molar-refractivity contribution >= 4 is 35.0 Å². The minimum Gasteiger partial charge on any atom is -0.348 e. The molecule has 6 nitrogen and oxygen atoms in total. The summed E-state index contributed by atoms with van der Waals surface area (Å²) in [6, 6.07) is 23.3. The van der Waals surface area contributed by atoms with Gasteiger partial charge in [0.15, 0.2) is 0 Å². The number of nitrogens with one attached hydrogen (secondary N) is 2. The number of benzene rings is 3. The van der Waals surface area contributed by atoms with Crippen LogP contribution in [0.15, 0.2) is 78.9 Å². The van der Waals surface area contributed by atoms with Crippen LogP contribution in [-0.4, -0.2) is 28.7 Å². The average molecular weight is 476 g/mol. The number of rotatable bonds is 7. The Morgan fingerprint density at radius 2 is 1.62 bits per heavy atom. The zero-order valence-corrected chi connectivity index (χ0v) is 19.4. The summed E-state index contributed by atoms with van der Waals surface area (Å²) in [5.74, 6) is -0.706. The van der Waals surface area contributed by atoms with E-state index in [4.69, 9.17) is 11.6 Å². The van der Waals surface area contributed by atoms with E-state index in [1.165, 1.54) is 0 Å². The molecule has 3 aromatic rings. The van der Waals surface area contributed by atoms with Gasteiger partial charge in [0, 0.05) is 24.5 Å². The smallest absolute Gasteiger partial charge is 0.253 e. The molecule has 34 heavy (non-hydrogen) atoms. The van der Waals surface area contributed by atoms with E-state index in [1.807, 2.05) is 60.7 Å². The first-order valence-corrected chi connectivity index (χ1v) is 11.6. The average Bonchev–Trinajstić information content (AvgIpc) is 2.85. The largest absolute Gasteiger partial charge is 0.348 e. The van der Waals surface area contributed by atoms with Gasteiger partial charge in [-0.3, -0.25) is 14.4 Å². The van der Waals surface area contributed by atoms with Crippen molar-refractivity contribution in [3.63, 3.8) is 0 Å². The topological polar surface area (TPSA) is 78.5 Å². The number of carbonyl (C=O) groups is 3. The van der Waals surface area contributed by atoms with Gasteiger partial charge in [-0.1, -0.05) is 72.3 Å². The molecule has 1 unspecified atom stereocenters. The highest BCUT2D eigenvalue weighted by atomic mass is 35.5. The summed E-state index contributed by atoms with van der Waals surface area (Å²) in [6.07, 6.45) is 1.61. The van der Waals surface area contributed by atoms with Gasteiger partial charge in [-0.25, -0.2) is 0 Å². The monoisotopic (exact) mass is 475 g/mol. The van der Waals surface area contributed by atoms with E-state index < -0.39 is 6.04 Å². The van der Waals surface area contributed by atoms with Crippen LogP contribution in [0.1, 0.15) is 40.7 Å². The van der Waals surface area contributed by atoms with Gasteiger partial charge < -0.3 is 15.5 Å². The molecular weight excluding hydrogens is 450 g/mol. The van der Waals surface area contributed by atoms with Gasteiger partial charge in [-0.15, -0.1) is 0 Å². The Balaban J connectivity index is 1.50. The first-order chi connectivity index (χ1) is 16.5. The fourth-order valence-corrected chi connectivity index (χ4v) is 4.25. The maximum Gasteiger partial charge on any atom is 0.253 e. The number of hydrogen-bond donors (Lipinski definition) is 2. The van der Waals surface area contributed by atoms with E-state index in [0.29, 0.717) is 48.6 Å². The van der Waals surface area contributed by atoms with Crippen LogP contribution in [0.3, 0.4) is 0 Å². The molecule has 1 aliphatic heterocycles. The molecule has 7 heteroatoms. The van der Waals surface area contributed by atoms with Gasteiger partial charge in [-0.05, 0) is 42.2 Å². The first kappa shape index (κ1) is 23.5. The van der Waals surface area contributed by atoms with Crippen LogP contribution < -0.4 is 10.6 Å². The second-order valence-corrected chi connectivity index (χ2v) is 8.70. The third kappa shape index (κ3) is 5.83. The molecule has 1 aliphatic rings. The van der Waals surface area contributed by atoms with E-state index in [9.17, 15) is 14.4 Å². The maximum absolute atomic E-state index is 13.3. The van der Waals surface area contributed by atoms with Gasteiger partial charge >= 0.3 is 0 Å². The number of amides is 3. The van der Waals surface area contributed by atoms with Gasteiger partial charge in [0.05, 0.1) is 11.3 Å². The summed E-state index contributed by atoms with van der Waals surface area (Å²) >= 11 is 6.18. The first-order valence-electron chi connectivity index (χ1n) is 11.3. The SMILES string of the molecule is O=C(NCc1ccccc1)c1ccc(Cl)cc1NC(=O)C1CCCC(=O)N1Cc1ccccc1. The van der Waals surface area contributed by atoms with Crippen LogP contribution in [0.5, 0.6) is 0 Å². The van der Waals surface area contributed by atoms with E-state index in [-0.39, 0.29) is 17.7 Å². The second-order valence-electron chi connectivity index (χ2n) is 8.26. The van der Waals surface area contributed by atoms with Gasteiger partial charge in [-0.2, -0.15) is 0 Å². The molecule has 0 bridgehead atoms. The molecule has 0 aromatic heterocycles. The van der Waals surface area contributed by atoms with Crippen LogP contribution in [-0.2, 0) is 22.7 Å². The van der Waals surface area contributed by atoms with Crippen LogP contribution in [0, 0.1) is 0 Å². The highest BCUT2D eigenvalue weighted by Crippen LogP contribution is 2.25.